The van der Waals surface area contributed by atoms with Crippen molar-refractivity contribution >= 4 is 11.9 Å². The Labute approximate surface area is 70.9 Å². The predicted molar refractivity (Wildman–Crippen MR) is 43.1 cm³/mol. The van der Waals surface area contributed by atoms with Gasteiger partial charge in [0.25, 0.3) is 5.91 Å². The Balaban J connectivity index is 2.82. The minimum absolute atomic E-state index is 0.0837. The first-order valence-electron chi connectivity index (χ1n) is 3.89. The summed E-state index contributed by atoms with van der Waals surface area (Å²) < 4.78 is 0. The molecule has 5 heteroatoms. The number of imide groups is 1. The molecule has 0 aromatic carbocycles. The zero-order chi connectivity index (χ0) is 9.30. The second-order valence-electron chi connectivity index (χ2n) is 3.14. The highest BCUT2D eigenvalue weighted by atomic mass is 16.2. The third-order valence-corrected chi connectivity index (χ3v) is 1.92. The number of carbonyl (C=O) groups is 2. The molecule has 1 heterocycles. The molecule has 1 rings (SSSR count). The van der Waals surface area contributed by atoms with Crippen LogP contribution in [0.4, 0.5) is 4.79 Å². The Kier molecular flexibility index (Phi) is 2.32. The molecule has 68 valence electrons. The molecule has 5 nitrogen and oxygen atoms in total. The van der Waals surface area contributed by atoms with Crippen LogP contribution in [-0.4, -0.2) is 29.5 Å². The SMILES string of the molecule is CC(C)C1C(=O)NC(=O)N1CN. The normalized spacial score (nSPS) is 23.7. The zero-order valence-electron chi connectivity index (χ0n) is 7.20. The van der Waals surface area contributed by atoms with E-state index in [1.165, 1.54) is 4.90 Å². The van der Waals surface area contributed by atoms with Crippen LogP contribution < -0.4 is 11.1 Å². The van der Waals surface area contributed by atoms with E-state index in [0.717, 1.165) is 0 Å². The number of amides is 3. The summed E-state index contributed by atoms with van der Waals surface area (Å²) in [6.07, 6.45) is 0. The molecule has 0 bridgehead atoms. The van der Waals surface area contributed by atoms with E-state index in [1.807, 2.05) is 13.8 Å². The van der Waals surface area contributed by atoms with Crippen LogP contribution in [0.2, 0.25) is 0 Å². The minimum atomic E-state index is -0.400. The Morgan fingerprint density at radius 3 is 2.50 bits per heavy atom. The fraction of sp³-hybridized carbons (Fsp3) is 0.714. The third kappa shape index (κ3) is 1.27. The number of hydrogen-bond donors (Lipinski definition) is 2. The van der Waals surface area contributed by atoms with Gasteiger partial charge in [-0.1, -0.05) is 13.8 Å². The zero-order valence-corrected chi connectivity index (χ0v) is 7.20. The van der Waals surface area contributed by atoms with E-state index in [0.29, 0.717) is 0 Å². The molecule has 3 N–H and O–H groups in total. The Morgan fingerprint density at radius 2 is 2.17 bits per heavy atom. The van der Waals surface area contributed by atoms with Gasteiger partial charge in [-0.3, -0.25) is 15.0 Å². The van der Waals surface area contributed by atoms with Gasteiger partial charge in [-0.25, -0.2) is 4.79 Å². The van der Waals surface area contributed by atoms with Crippen molar-refractivity contribution in [3.63, 3.8) is 0 Å². The fourth-order valence-corrected chi connectivity index (χ4v) is 1.38. The highest BCUT2D eigenvalue weighted by Crippen LogP contribution is 2.14. The highest BCUT2D eigenvalue weighted by Gasteiger charge is 2.39. The van der Waals surface area contributed by atoms with Crippen LogP contribution in [-0.2, 0) is 4.79 Å². The number of nitrogens with one attached hydrogen (secondary N) is 1. The molecule has 0 spiro atoms. The fourth-order valence-electron chi connectivity index (χ4n) is 1.38. The lowest BCUT2D eigenvalue weighted by molar-refractivity contribution is -0.122. The maximum Gasteiger partial charge on any atom is 0.325 e. The van der Waals surface area contributed by atoms with Crippen molar-refractivity contribution in [1.29, 1.82) is 0 Å². The van der Waals surface area contributed by atoms with Crippen LogP contribution in [0.25, 0.3) is 0 Å². The van der Waals surface area contributed by atoms with Crippen molar-refractivity contribution in [2.75, 3.05) is 6.67 Å². The summed E-state index contributed by atoms with van der Waals surface area (Å²) in [7, 11) is 0. The molecule has 0 aromatic heterocycles. The van der Waals surface area contributed by atoms with Crippen molar-refractivity contribution in [2.24, 2.45) is 11.7 Å². The first-order chi connectivity index (χ1) is 5.57. The number of carbonyl (C=O) groups excluding carboxylic acids is 2. The summed E-state index contributed by atoms with van der Waals surface area (Å²) in [6, 6.07) is -0.788. The van der Waals surface area contributed by atoms with Gasteiger partial charge in [-0.15, -0.1) is 0 Å². The number of hydrogen-bond acceptors (Lipinski definition) is 3. The largest absolute Gasteiger partial charge is 0.325 e. The number of nitrogens with two attached hydrogens (primary N) is 1. The number of rotatable bonds is 2. The van der Waals surface area contributed by atoms with Gasteiger partial charge < -0.3 is 5.73 Å². The standard InChI is InChI=1S/C7H13N3O2/c1-4(2)5-6(11)9-7(12)10(5)3-8/h4-5H,3,8H2,1-2H3,(H,9,11,12). The topological polar surface area (TPSA) is 75.4 Å². The van der Waals surface area contributed by atoms with Crippen LogP contribution in [0.5, 0.6) is 0 Å². The lowest BCUT2D eigenvalue weighted by Gasteiger charge is -2.22. The first-order valence-corrected chi connectivity index (χ1v) is 3.89. The average Bonchev–Trinajstić information content (AvgIpc) is 2.24. The van der Waals surface area contributed by atoms with Crippen molar-refractivity contribution in [2.45, 2.75) is 19.9 Å². The van der Waals surface area contributed by atoms with Gasteiger partial charge in [0.15, 0.2) is 0 Å². The minimum Gasteiger partial charge on any atom is -0.314 e. The summed E-state index contributed by atoms with van der Waals surface area (Å²) in [5, 5.41) is 2.22. The number of nitrogens with zero attached hydrogens (tertiary/aromatic N) is 1. The van der Waals surface area contributed by atoms with Gasteiger partial charge in [-0.2, -0.15) is 0 Å². The molecule has 0 aromatic rings. The van der Waals surface area contributed by atoms with Crippen LogP contribution in [0, 0.1) is 5.92 Å². The Morgan fingerprint density at radius 1 is 1.58 bits per heavy atom. The second-order valence-corrected chi connectivity index (χ2v) is 3.14. The number of urea groups is 1. The van der Waals surface area contributed by atoms with Crippen molar-refractivity contribution in [3.05, 3.63) is 0 Å². The smallest absolute Gasteiger partial charge is 0.314 e. The predicted octanol–water partition coefficient (Wildman–Crippen LogP) is -0.521. The summed E-state index contributed by atoms with van der Waals surface area (Å²) in [5.41, 5.74) is 5.33. The van der Waals surface area contributed by atoms with Crippen LogP contribution in [0.15, 0.2) is 0 Å². The van der Waals surface area contributed by atoms with Crippen molar-refractivity contribution in [3.8, 4) is 0 Å². The van der Waals surface area contributed by atoms with Gasteiger partial charge in [-0.05, 0) is 5.92 Å². The van der Waals surface area contributed by atoms with Crippen molar-refractivity contribution in [1.82, 2.24) is 10.2 Å². The van der Waals surface area contributed by atoms with Gasteiger partial charge in [0.1, 0.15) is 6.04 Å². The first kappa shape index (κ1) is 8.99. The summed E-state index contributed by atoms with van der Waals surface area (Å²) in [4.78, 5) is 23.6. The van der Waals surface area contributed by atoms with Crippen LogP contribution >= 0.6 is 0 Å². The summed E-state index contributed by atoms with van der Waals surface area (Å²) >= 11 is 0. The average molecular weight is 171 g/mol. The highest BCUT2D eigenvalue weighted by molar-refractivity contribution is 6.04. The second kappa shape index (κ2) is 3.10. The van der Waals surface area contributed by atoms with Crippen molar-refractivity contribution < 1.29 is 9.59 Å². The maximum atomic E-state index is 11.2. The molecular weight excluding hydrogens is 158 g/mol. The van der Waals surface area contributed by atoms with E-state index in [2.05, 4.69) is 5.32 Å². The van der Waals surface area contributed by atoms with E-state index < -0.39 is 6.04 Å². The lowest BCUT2D eigenvalue weighted by Crippen LogP contribution is -2.42. The molecule has 1 fully saturated rings. The van der Waals surface area contributed by atoms with E-state index in [4.69, 9.17) is 5.73 Å². The molecule has 1 atom stereocenters. The molecule has 1 saturated heterocycles. The molecule has 0 radical (unpaired) electrons. The monoisotopic (exact) mass is 171 g/mol. The third-order valence-electron chi connectivity index (χ3n) is 1.92. The van der Waals surface area contributed by atoms with E-state index >= 15 is 0 Å². The molecule has 0 saturated carbocycles. The molecule has 12 heavy (non-hydrogen) atoms. The molecule has 3 amide bonds. The molecule has 0 aliphatic carbocycles. The van der Waals surface area contributed by atoms with Crippen LogP contribution in [0.3, 0.4) is 0 Å². The molecule has 1 aliphatic rings. The van der Waals surface area contributed by atoms with Gasteiger partial charge in [0, 0.05) is 0 Å². The molecule has 1 unspecified atom stereocenters. The molecular formula is C7H13N3O2. The van der Waals surface area contributed by atoms with Gasteiger partial charge >= 0.3 is 6.03 Å². The quantitative estimate of drug-likeness (QED) is 0.549. The summed E-state index contributed by atoms with van der Waals surface area (Å²) in [5.74, 6) is -0.152. The lowest BCUT2D eigenvalue weighted by atomic mass is 10.0. The van der Waals surface area contributed by atoms with Crippen LogP contribution in [0.1, 0.15) is 13.8 Å². The van der Waals surface area contributed by atoms with E-state index in [-0.39, 0.29) is 24.5 Å². The molecule has 1 aliphatic heterocycles. The Bertz CT molecular complexity index is 215. The maximum absolute atomic E-state index is 11.2. The van der Waals surface area contributed by atoms with Gasteiger partial charge in [0.05, 0.1) is 6.67 Å². The Hall–Kier alpha value is -1.10. The van der Waals surface area contributed by atoms with E-state index in [1.54, 1.807) is 0 Å². The summed E-state index contributed by atoms with van der Waals surface area (Å²) in [6.45, 7) is 3.84. The van der Waals surface area contributed by atoms with E-state index in [9.17, 15) is 9.59 Å². The van der Waals surface area contributed by atoms with Gasteiger partial charge in [0.2, 0.25) is 0 Å².